The maximum absolute atomic E-state index is 7.90. The third kappa shape index (κ3) is 3.50. The molecule has 0 aromatic carbocycles. The van der Waals surface area contributed by atoms with Gasteiger partial charge in [-0.15, -0.1) is 0 Å². The standard InChI is InChI=1S/C12H23N/c1-4-5-6-10-8-11(10)12(13)7-9(2)3/h9-11,13H,4-8H2,1-3H3/t10-,11+/m0/s1. The minimum atomic E-state index is 0.667. The maximum Gasteiger partial charge on any atom is 0.0125 e. The predicted octanol–water partition coefficient (Wildman–Crippen LogP) is 3.88. The quantitative estimate of drug-likeness (QED) is 0.601. The summed E-state index contributed by atoms with van der Waals surface area (Å²) in [6.45, 7) is 6.66. The SMILES string of the molecule is CCCC[C@H]1C[C@H]1C(=N)CC(C)C. The summed E-state index contributed by atoms with van der Waals surface area (Å²) in [5.41, 5.74) is 1.02. The van der Waals surface area contributed by atoms with Gasteiger partial charge in [-0.3, -0.25) is 0 Å². The first-order valence-corrected chi connectivity index (χ1v) is 5.72. The first-order valence-electron chi connectivity index (χ1n) is 5.72. The van der Waals surface area contributed by atoms with E-state index in [1.807, 2.05) is 0 Å². The van der Waals surface area contributed by atoms with Crippen LogP contribution in [0.4, 0.5) is 0 Å². The zero-order chi connectivity index (χ0) is 9.84. The Bertz CT molecular complexity index is 172. The summed E-state index contributed by atoms with van der Waals surface area (Å²) in [5, 5.41) is 7.90. The maximum atomic E-state index is 7.90. The van der Waals surface area contributed by atoms with Gasteiger partial charge >= 0.3 is 0 Å². The average molecular weight is 181 g/mol. The van der Waals surface area contributed by atoms with Gasteiger partial charge in [0.05, 0.1) is 0 Å². The van der Waals surface area contributed by atoms with Crippen molar-refractivity contribution in [3.8, 4) is 0 Å². The van der Waals surface area contributed by atoms with E-state index in [4.69, 9.17) is 5.41 Å². The first kappa shape index (κ1) is 10.7. The van der Waals surface area contributed by atoms with Crippen LogP contribution in [0.1, 0.15) is 52.9 Å². The molecule has 1 aliphatic rings. The topological polar surface area (TPSA) is 23.9 Å². The van der Waals surface area contributed by atoms with Crippen LogP contribution in [0.5, 0.6) is 0 Å². The number of hydrogen-bond acceptors (Lipinski definition) is 1. The van der Waals surface area contributed by atoms with Crippen molar-refractivity contribution < 1.29 is 0 Å². The van der Waals surface area contributed by atoms with E-state index in [1.54, 1.807) is 0 Å². The van der Waals surface area contributed by atoms with Crippen LogP contribution in [0.3, 0.4) is 0 Å². The Labute approximate surface area is 82.4 Å². The fraction of sp³-hybridized carbons (Fsp3) is 0.917. The van der Waals surface area contributed by atoms with E-state index in [0.29, 0.717) is 11.8 Å². The molecular formula is C12H23N. The summed E-state index contributed by atoms with van der Waals surface area (Å²) in [4.78, 5) is 0. The van der Waals surface area contributed by atoms with Crippen molar-refractivity contribution in [3.05, 3.63) is 0 Å². The number of hydrogen-bond donors (Lipinski definition) is 1. The summed E-state index contributed by atoms with van der Waals surface area (Å²) in [5.74, 6) is 2.22. The second-order valence-electron chi connectivity index (χ2n) is 4.87. The van der Waals surface area contributed by atoms with Crippen molar-refractivity contribution in [1.82, 2.24) is 0 Å². The summed E-state index contributed by atoms with van der Waals surface area (Å²) in [6.07, 6.45) is 6.36. The van der Waals surface area contributed by atoms with Crippen LogP contribution < -0.4 is 0 Å². The second-order valence-corrected chi connectivity index (χ2v) is 4.87. The zero-order valence-corrected chi connectivity index (χ0v) is 9.27. The average Bonchev–Trinajstić information content (AvgIpc) is 2.78. The fourth-order valence-electron chi connectivity index (χ4n) is 2.05. The van der Waals surface area contributed by atoms with Gasteiger partial charge in [-0.1, -0.05) is 33.6 Å². The largest absolute Gasteiger partial charge is 0.309 e. The Kier molecular flexibility index (Phi) is 3.95. The molecule has 0 heterocycles. The van der Waals surface area contributed by atoms with Crippen LogP contribution in [-0.4, -0.2) is 5.71 Å². The van der Waals surface area contributed by atoms with Gasteiger partial charge in [0.2, 0.25) is 0 Å². The van der Waals surface area contributed by atoms with Crippen LogP contribution >= 0.6 is 0 Å². The van der Waals surface area contributed by atoms with Crippen molar-refractivity contribution in [2.24, 2.45) is 17.8 Å². The molecule has 0 spiro atoms. The molecule has 1 saturated carbocycles. The molecule has 0 aromatic heterocycles. The van der Waals surface area contributed by atoms with E-state index in [9.17, 15) is 0 Å². The first-order chi connectivity index (χ1) is 6.15. The lowest BCUT2D eigenvalue weighted by Gasteiger charge is -2.05. The molecule has 76 valence electrons. The van der Waals surface area contributed by atoms with E-state index < -0.39 is 0 Å². The molecule has 0 radical (unpaired) electrons. The van der Waals surface area contributed by atoms with Crippen LogP contribution in [0.25, 0.3) is 0 Å². The van der Waals surface area contributed by atoms with Gasteiger partial charge in [-0.2, -0.15) is 0 Å². The number of unbranched alkanes of at least 4 members (excludes halogenated alkanes) is 1. The highest BCUT2D eigenvalue weighted by Crippen LogP contribution is 2.44. The molecule has 0 saturated heterocycles. The van der Waals surface area contributed by atoms with E-state index in [1.165, 1.54) is 25.7 Å². The van der Waals surface area contributed by atoms with Gasteiger partial charge in [0.1, 0.15) is 0 Å². The number of nitrogens with one attached hydrogen (secondary N) is 1. The lowest BCUT2D eigenvalue weighted by Crippen LogP contribution is -2.05. The highest BCUT2D eigenvalue weighted by molar-refractivity contribution is 5.86. The molecule has 1 fully saturated rings. The molecule has 1 rings (SSSR count). The summed E-state index contributed by atoms with van der Waals surface area (Å²) >= 11 is 0. The summed E-state index contributed by atoms with van der Waals surface area (Å²) < 4.78 is 0. The van der Waals surface area contributed by atoms with Gasteiger partial charge in [-0.25, -0.2) is 0 Å². The molecule has 1 heteroatoms. The highest BCUT2D eigenvalue weighted by atomic mass is 14.5. The molecule has 0 aliphatic heterocycles. The summed E-state index contributed by atoms with van der Waals surface area (Å²) in [6, 6.07) is 0. The van der Waals surface area contributed by atoms with E-state index in [0.717, 1.165) is 18.1 Å². The monoisotopic (exact) mass is 181 g/mol. The van der Waals surface area contributed by atoms with E-state index in [-0.39, 0.29) is 0 Å². The zero-order valence-electron chi connectivity index (χ0n) is 9.27. The van der Waals surface area contributed by atoms with Gasteiger partial charge < -0.3 is 5.41 Å². The lowest BCUT2D eigenvalue weighted by molar-refractivity contribution is 0.625. The lowest BCUT2D eigenvalue weighted by atomic mass is 10.0. The Morgan fingerprint density at radius 1 is 1.46 bits per heavy atom. The molecule has 2 atom stereocenters. The van der Waals surface area contributed by atoms with E-state index in [2.05, 4.69) is 20.8 Å². The van der Waals surface area contributed by atoms with Crippen molar-refractivity contribution in [1.29, 1.82) is 5.41 Å². The normalized spacial score (nSPS) is 26.5. The Balaban J connectivity index is 2.14. The van der Waals surface area contributed by atoms with Gasteiger partial charge in [-0.05, 0) is 37.0 Å². The summed E-state index contributed by atoms with van der Waals surface area (Å²) in [7, 11) is 0. The Morgan fingerprint density at radius 3 is 2.69 bits per heavy atom. The van der Waals surface area contributed by atoms with Crippen molar-refractivity contribution in [3.63, 3.8) is 0 Å². The Morgan fingerprint density at radius 2 is 2.15 bits per heavy atom. The number of rotatable bonds is 6. The predicted molar refractivity (Wildman–Crippen MR) is 58.3 cm³/mol. The third-order valence-electron chi connectivity index (χ3n) is 2.93. The molecule has 1 nitrogen and oxygen atoms in total. The van der Waals surface area contributed by atoms with Gasteiger partial charge in [0, 0.05) is 5.71 Å². The molecular weight excluding hydrogens is 158 g/mol. The second kappa shape index (κ2) is 4.78. The van der Waals surface area contributed by atoms with Gasteiger partial charge in [0.25, 0.3) is 0 Å². The van der Waals surface area contributed by atoms with Crippen LogP contribution in [0.15, 0.2) is 0 Å². The van der Waals surface area contributed by atoms with Crippen molar-refractivity contribution in [2.75, 3.05) is 0 Å². The van der Waals surface area contributed by atoms with Crippen molar-refractivity contribution >= 4 is 5.71 Å². The minimum Gasteiger partial charge on any atom is -0.309 e. The van der Waals surface area contributed by atoms with Crippen LogP contribution in [-0.2, 0) is 0 Å². The minimum absolute atomic E-state index is 0.667. The fourth-order valence-corrected chi connectivity index (χ4v) is 2.05. The third-order valence-corrected chi connectivity index (χ3v) is 2.93. The molecule has 0 aromatic rings. The van der Waals surface area contributed by atoms with Crippen molar-refractivity contribution in [2.45, 2.75) is 52.9 Å². The molecule has 1 aliphatic carbocycles. The highest BCUT2D eigenvalue weighted by Gasteiger charge is 2.39. The molecule has 1 N–H and O–H groups in total. The van der Waals surface area contributed by atoms with Crippen LogP contribution in [0.2, 0.25) is 0 Å². The molecule has 0 unspecified atom stereocenters. The van der Waals surface area contributed by atoms with E-state index >= 15 is 0 Å². The van der Waals surface area contributed by atoms with Gasteiger partial charge in [0.15, 0.2) is 0 Å². The van der Waals surface area contributed by atoms with Crippen LogP contribution in [0, 0.1) is 23.2 Å². The molecule has 13 heavy (non-hydrogen) atoms. The molecule has 0 amide bonds. The smallest absolute Gasteiger partial charge is 0.0125 e. The molecule has 0 bridgehead atoms. The Hall–Kier alpha value is -0.330.